The summed E-state index contributed by atoms with van der Waals surface area (Å²) in [5.74, 6) is 0.170. The van der Waals surface area contributed by atoms with Gasteiger partial charge in [-0.3, -0.25) is 9.59 Å². The van der Waals surface area contributed by atoms with Crippen molar-refractivity contribution in [2.45, 2.75) is 19.4 Å². The Labute approximate surface area is 132 Å². The Morgan fingerprint density at radius 1 is 1.45 bits per heavy atom. The molecule has 0 aromatic carbocycles. The standard InChI is InChI=1S/C15H18N4O2S/c20-14-8-12(9-17-18-14)19-5-3-11(4-6-19)15(21)16-10-13-2-1-7-22-13/h1-2,7-9,11H,3-6,10H2,(H,16,21)(H,18,20). The van der Waals surface area contributed by atoms with E-state index in [1.165, 1.54) is 4.88 Å². The number of carbonyl (C=O) groups is 1. The SMILES string of the molecule is O=C(NCc1cccs1)C1CCN(c2cn[nH]c(=O)c2)CC1. The van der Waals surface area contributed by atoms with E-state index in [2.05, 4.69) is 20.4 Å². The molecule has 0 spiro atoms. The molecule has 0 radical (unpaired) electrons. The minimum Gasteiger partial charge on any atom is -0.370 e. The number of anilines is 1. The third-order valence-electron chi connectivity index (χ3n) is 3.90. The quantitative estimate of drug-likeness (QED) is 0.892. The third kappa shape index (κ3) is 3.54. The minimum atomic E-state index is -0.201. The van der Waals surface area contributed by atoms with Gasteiger partial charge in [0, 0.05) is 30.0 Å². The smallest absolute Gasteiger partial charge is 0.266 e. The van der Waals surface area contributed by atoms with E-state index >= 15 is 0 Å². The fourth-order valence-corrected chi connectivity index (χ4v) is 3.31. The number of nitrogens with one attached hydrogen (secondary N) is 2. The fraction of sp³-hybridized carbons (Fsp3) is 0.400. The van der Waals surface area contributed by atoms with E-state index in [4.69, 9.17) is 0 Å². The molecule has 22 heavy (non-hydrogen) atoms. The highest BCUT2D eigenvalue weighted by molar-refractivity contribution is 7.09. The molecular weight excluding hydrogens is 300 g/mol. The molecule has 1 aliphatic rings. The van der Waals surface area contributed by atoms with Crippen LogP contribution in [0.5, 0.6) is 0 Å². The van der Waals surface area contributed by atoms with Crippen molar-refractivity contribution in [2.75, 3.05) is 18.0 Å². The Hall–Kier alpha value is -2.15. The maximum Gasteiger partial charge on any atom is 0.266 e. The van der Waals surface area contributed by atoms with Gasteiger partial charge in [-0.05, 0) is 24.3 Å². The van der Waals surface area contributed by atoms with Gasteiger partial charge in [0.15, 0.2) is 0 Å². The minimum absolute atomic E-state index is 0.0474. The van der Waals surface area contributed by atoms with Gasteiger partial charge in [-0.25, -0.2) is 5.10 Å². The van der Waals surface area contributed by atoms with Gasteiger partial charge in [0.1, 0.15) is 0 Å². The highest BCUT2D eigenvalue weighted by Crippen LogP contribution is 2.22. The molecule has 3 rings (SSSR count). The first-order valence-electron chi connectivity index (χ1n) is 7.32. The van der Waals surface area contributed by atoms with Gasteiger partial charge in [0.05, 0.1) is 18.4 Å². The van der Waals surface area contributed by atoms with Crippen molar-refractivity contribution in [3.05, 3.63) is 45.0 Å². The van der Waals surface area contributed by atoms with Crippen LogP contribution in [0.4, 0.5) is 5.69 Å². The molecule has 1 saturated heterocycles. The fourth-order valence-electron chi connectivity index (χ4n) is 2.67. The summed E-state index contributed by atoms with van der Waals surface area (Å²) >= 11 is 1.65. The molecule has 3 heterocycles. The van der Waals surface area contributed by atoms with Crippen molar-refractivity contribution in [3.8, 4) is 0 Å². The number of hydrogen-bond acceptors (Lipinski definition) is 5. The van der Waals surface area contributed by atoms with Crippen LogP contribution in [0.2, 0.25) is 0 Å². The van der Waals surface area contributed by atoms with Gasteiger partial charge < -0.3 is 10.2 Å². The second-order valence-electron chi connectivity index (χ2n) is 5.36. The summed E-state index contributed by atoms with van der Waals surface area (Å²) in [4.78, 5) is 26.8. The number of rotatable bonds is 4. The molecule has 0 saturated carbocycles. The van der Waals surface area contributed by atoms with Crippen LogP contribution in [-0.4, -0.2) is 29.2 Å². The number of carbonyl (C=O) groups excluding carboxylic acids is 1. The normalized spacial score (nSPS) is 15.7. The van der Waals surface area contributed by atoms with Crippen LogP contribution in [0.3, 0.4) is 0 Å². The van der Waals surface area contributed by atoms with Crippen LogP contribution in [0.1, 0.15) is 17.7 Å². The van der Waals surface area contributed by atoms with Crippen LogP contribution in [0, 0.1) is 5.92 Å². The lowest BCUT2D eigenvalue weighted by atomic mass is 9.95. The van der Waals surface area contributed by atoms with E-state index in [1.54, 1.807) is 23.6 Å². The molecule has 7 heteroatoms. The average Bonchev–Trinajstić information content (AvgIpc) is 3.06. The molecule has 1 aliphatic heterocycles. The van der Waals surface area contributed by atoms with Crippen molar-refractivity contribution in [3.63, 3.8) is 0 Å². The Bertz CT molecular complexity index is 675. The molecule has 1 fully saturated rings. The van der Waals surface area contributed by atoms with Crippen molar-refractivity contribution < 1.29 is 4.79 Å². The summed E-state index contributed by atoms with van der Waals surface area (Å²) in [5.41, 5.74) is 0.620. The molecule has 0 aliphatic carbocycles. The Kier molecular flexibility index (Phi) is 4.53. The largest absolute Gasteiger partial charge is 0.370 e. The number of amides is 1. The van der Waals surface area contributed by atoms with E-state index in [9.17, 15) is 9.59 Å². The predicted octanol–water partition coefficient (Wildman–Crippen LogP) is 1.36. The lowest BCUT2D eigenvalue weighted by Crippen LogP contribution is -2.40. The first-order valence-corrected chi connectivity index (χ1v) is 8.20. The maximum absolute atomic E-state index is 12.2. The first kappa shape index (κ1) is 14.8. The third-order valence-corrected chi connectivity index (χ3v) is 4.77. The second-order valence-corrected chi connectivity index (χ2v) is 6.39. The number of piperidine rings is 1. The molecule has 2 aromatic rings. The summed E-state index contributed by atoms with van der Waals surface area (Å²) in [6.07, 6.45) is 3.24. The first-order chi connectivity index (χ1) is 10.7. The Morgan fingerprint density at radius 3 is 2.95 bits per heavy atom. The number of nitrogens with zero attached hydrogens (tertiary/aromatic N) is 2. The number of aromatic amines is 1. The van der Waals surface area contributed by atoms with Crippen molar-refractivity contribution in [1.82, 2.24) is 15.5 Å². The summed E-state index contributed by atoms with van der Waals surface area (Å²) in [6.45, 7) is 2.14. The molecule has 6 nitrogen and oxygen atoms in total. The van der Waals surface area contributed by atoms with Gasteiger partial charge >= 0.3 is 0 Å². The molecule has 2 N–H and O–H groups in total. The lowest BCUT2D eigenvalue weighted by Gasteiger charge is -2.32. The monoisotopic (exact) mass is 318 g/mol. The van der Waals surface area contributed by atoms with Crippen molar-refractivity contribution >= 4 is 22.9 Å². The van der Waals surface area contributed by atoms with Gasteiger partial charge in [-0.15, -0.1) is 11.3 Å². The maximum atomic E-state index is 12.2. The summed E-state index contributed by atoms with van der Waals surface area (Å²) in [6, 6.07) is 5.55. The Balaban J connectivity index is 1.50. The van der Waals surface area contributed by atoms with Gasteiger partial charge in [-0.2, -0.15) is 5.10 Å². The van der Waals surface area contributed by atoms with Gasteiger partial charge in [0.2, 0.25) is 5.91 Å². The Morgan fingerprint density at radius 2 is 2.27 bits per heavy atom. The van der Waals surface area contributed by atoms with Crippen LogP contribution in [-0.2, 0) is 11.3 Å². The van der Waals surface area contributed by atoms with E-state index in [1.807, 2.05) is 17.5 Å². The molecule has 2 aromatic heterocycles. The van der Waals surface area contributed by atoms with E-state index in [0.29, 0.717) is 6.54 Å². The van der Waals surface area contributed by atoms with Crippen LogP contribution >= 0.6 is 11.3 Å². The van der Waals surface area contributed by atoms with E-state index in [-0.39, 0.29) is 17.4 Å². The van der Waals surface area contributed by atoms with Gasteiger partial charge in [-0.1, -0.05) is 6.07 Å². The number of hydrogen-bond donors (Lipinski definition) is 2. The molecule has 0 bridgehead atoms. The number of thiophene rings is 1. The summed E-state index contributed by atoms with van der Waals surface area (Å²) in [5, 5.41) is 11.2. The zero-order valence-electron chi connectivity index (χ0n) is 12.1. The molecule has 116 valence electrons. The van der Waals surface area contributed by atoms with Crippen molar-refractivity contribution in [1.29, 1.82) is 0 Å². The van der Waals surface area contributed by atoms with E-state index < -0.39 is 0 Å². The summed E-state index contributed by atoms with van der Waals surface area (Å²) in [7, 11) is 0. The van der Waals surface area contributed by atoms with Crippen LogP contribution in [0.25, 0.3) is 0 Å². The zero-order chi connectivity index (χ0) is 15.4. The number of aromatic nitrogens is 2. The van der Waals surface area contributed by atoms with Crippen LogP contribution < -0.4 is 15.8 Å². The predicted molar refractivity (Wildman–Crippen MR) is 86.0 cm³/mol. The number of H-pyrrole nitrogens is 1. The van der Waals surface area contributed by atoms with Crippen LogP contribution in [0.15, 0.2) is 34.6 Å². The highest BCUT2D eigenvalue weighted by atomic mass is 32.1. The highest BCUT2D eigenvalue weighted by Gasteiger charge is 2.25. The lowest BCUT2D eigenvalue weighted by molar-refractivity contribution is -0.125. The van der Waals surface area contributed by atoms with E-state index in [0.717, 1.165) is 31.6 Å². The zero-order valence-corrected chi connectivity index (χ0v) is 12.9. The average molecular weight is 318 g/mol. The van der Waals surface area contributed by atoms with Crippen molar-refractivity contribution in [2.24, 2.45) is 5.92 Å². The molecule has 0 atom stereocenters. The second kappa shape index (κ2) is 6.74. The summed E-state index contributed by atoms with van der Waals surface area (Å²) < 4.78 is 0. The molecule has 1 amide bonds. The molecular formula is C15H18N4O2S. The topological polar surface area (TPSA) is 78.1 Å². The molecule has 0 unspecified atom stereocenters. The van der Waals surface area contributed by atoms with Gasteiger partial charge in [0.25, 0.3) is 5.56 Å².